The fourth-order valence-electron chi connectivity index (χ4n) is 0.534. The Hall–Kier alpha value is -0.790. The third kappa shape index (κ3) is 13.2. The van der Waals surface area contributed by atoms with E-state index < -0.39 is 0 Å². The van der Waals surface area contributed by atoms with E-state index in [0.29, 0.717) is 0 Å². The molecule has 0 radical (unpaired) electrons. The summed E-state index contributed by atoms with van der Waals surface area (Å²) in [7, 11) is 0. The van der Waals surface area contributed by atoms with Gasteiger partial charge in [-0.15, -0.1) is 0 Å². The largest absolute Gasteiger partial charge is 0.288 e. The van der Waals surface area contributed by atoms with Crippen molar-refractivity contribution in [2.45, 2.75) is 20.8 Å². The van der Waals surface area contributed by atoms with Crippen molar-refractivity contribution >= 4 is 28.4 Å². The Bertz CT molecular complexity index is 269. The van der Waals surface area contributed by atoms with Gasteiger partial charge < -0.3 is 0 Å². The summed E-state index contributed by atoms with van der Waals surface area (Å²) in [5, 5.41) is 6.37. The Morgan fingerprint density at radius 2 is 1.47 bits per heavy atom. The Morgan fingerprint density at radius 3 is 1.60 bits per heavy atom. The van der Waals surface area contributed by atoms with Gasteiger partial charge in [0.05, 0.1) is 5.03 Å². The molecule has 84 valence electrons. The summed E-state index contributed by atoms with van der Waals surface area (Å²) in [4.78, 5) is 0. The molecule has 0 atom stereocenters. The van der Waals surface area contributed by atoms with Gasteiger partial charge in [0.15, 0.2) is 0 Å². The summed E-state index contributed by atoms with van der Waals surface area (Å²) >= 11 is 10.0. The minimum Gasteiger partial charge on any atom is -0.288 e. The number of aryl methyl sites for hydroxylation is 1. The number of hydrogen-bond donors (Lipinski definition) is 1. The van der Waals surface area contributed by atoms with Crippen molar-refractivity contribution in [2.24, 2.45) is 0 Å². The first-order valence-electron chi connectivity index (χ1n) is 4.64. The van der Waals surface area contributed by atoms with Gasteiger partial charge in [0.1, 0.15) is 5.17 Å². The molecular formula is C12H17Cl2N. The molecule has 0 heterocycles. The van der Waals surface area contributed by atoms with Crippen molar-refractivity contribution < 1.29 is 0 Å². The van der Waals surface area contributed by atoms with Gasteiger partial charge in [-0.1, -0.05) is 79.5 Å². The van der Waals surface area contributed by atoms with E-state index in [2.05, 4.69) is 25.6 Å². The predicted octanol–water partition coefficient (Wildman–Crippen LogP) is 4.98. The SMILES string of the molecule is C=C(Cl)C(=N)Cl.CC.Cc1ccccc1. The normalized spacial score (nSPS) is 7.53. The molecule has 0 unspecified atom stereocenters. The highest BCUT2D eigenvalue weighted by molar-refractivity contribution is 6.74. The summed E-state index contributed by atoms with van der Waals surface area (Å²) < 4.78 is 0. The van der Waals surface area contributed by atoms with Crippen LogP contribution in [-0.4, -0.2) is 5.17 Å². The lowest BCUT2D eigenvalue weighted by Crippen LogP contribution is -1.76. The van der Waals surface area contributed by atoms with Crippen LogP contribution in [-0.2, 0) is 0 Å². The zero-order valence-corrected chi connectivity index (χ0v) is 10.9. The van der Waals surface area contributed by atoms with Crippen LogP contribution in [0.1, 0.15) is 19.4 Å². The van der Waals surface area contributed by atoms with Crippen molar-refractivity contribution in [3.05, 3.63) is 47.5 Å². The standard InChI is InChI=1S/C7H8.C3H3Cl2N.C2H6/c1-7-5-3-2-4-6-7;1-2(4)3(5)6;1-2/h2-6H,1H3;6H,1H2;1-2H3. The van der Waals surface area contributed by atoms with Gasteiger partial charge in [-0.25, -0.2) is 0 Å². The van der Waals surface area contributed by atoms with E-state index >= 15 is 0 Å². The molecule has 1 aromatic carbocycles. The van der Waals surface area contributed by atoms with E-state index in [1.165, 1.54) is 5.56 Å². The summed E-state index contributed by atoms with van der Waals surface area (Å²) in [6.07, 6.45) is 0. The second-order valence-electron chi connectivity index (χ2n) is 2.37. The molecule has 0 aliphatic heterocycles. The molecule has 0 aromatic heterocycles. The molecule has 0 aliphatic carbocycles. The van der Waals surface area contributed by atoms with Gasteiger partial charge in [-0.2, -0.15) is 0 Å². The highest BCUT2D eigenvalue weighted by Gasteiger charge is 1.87. The first-order valence-corrected chi connectivity index (χ1v) is 5.40. The van der Waals surface area contributed by atoms with Gasteiger partial charge in [-0.3, -0.25) is 5.41 Å². The average Bonchev–Trinajstić information content (AvgIpc) is 2.22. The zero-order valence-electron chi connectivity index (χ0n) is 9.35. The molecule has 1 aromatic rings. The molecule has 3 heteroatoms. The molecule has 0 saturated carbocycles. The fourth-order valence-corrected chi connectivity index (χ4v) is 0.534. The highest BCUT2D eigenvalue weighted by Crippen LogP contribution is 2.00. The van der Waals surface area contributed by atoms with Gasteiger partial charge in [0, 0.05) is 0 Å². The highest BCUT2D eigenvalue weighted by atomic mass is 35.5. The average molecular weight is 246 g/mol. The van der Waals surface area contributed by atoms with Gasteiger partial charge in [0.2, 0.25) is 0 Å². The van der Waals surface area contributed by atoms with Crippen LogP contribution in [0, 0.1) is 12.3 Å². The molecule has 0 fully saturated rings. The fraction of sp³-hybridized carbons (Fsp3) is 0.250. The van der Waals surface area contributed by atoms with Crippen molar-refractivity contribution in [3.63, 3.8) is 0 Å². The van der Waals surface area contributed by atoms with Crippen molar-refractivity contribution in [3.8, 4) is 0 Å². The van der Waals surface area contributed by atoms with Gasteiger partial charge in [0.25, 0.3) is 0 Å². The van der Waals surface area contributed by atoms with E-state index in [0.717, 1.165) is 0 Å². The van der Waals surface area contributed by atoms with E-state index in [1.807, 2.05) is 32.0 Å². The molecule has 1 nitrogen and oxygen atoms in total. The lowest BCUT2D eigenvalue weighted by molar-refractivity contribution is 1.48. The number of benzene rings is 1. The first kappa shape index (κ1) is 16.6. The van der Waals surface area contributed by atoms with E-state index in [-0.39, 0.29) is 10.2 Å². The maximum atomic E-state index is 6.48. The van der Waals surface area contributed by atoms with Crippen LogP contribution in [0.15, 0.2) is 41.9 Å². The van der Waals surface area contributed by atoms with E-state index in [1.54, 1.807) is 0 Å². The van der Waals surface area contributed by atoms with E-state index in [4.69, 9.17) is 28.6 Å². The number of nitrogens with one attached hydrogen (secondary N) is 1. The topological polar surface area (TPSA) is 23.9 Å². The van der Waals surface area contributed by atoms with Crippen LogP contribution < -0.4 is 0 Å². The summed E-state index contributed by atoms with van der Waals surface area (Å²) in [6, 6.07) is 10.3. The van der Waals surface area contributed by atoms with Gasteiger partial charge in [-0.05, 0) is 6.92 Å². The smallest absolute Gasteiger partial charge is 0.138 e. The molecule has 15 heavy (non-hydrogen) atoms. The van der Waals surface area contributed by atoms with Crippen molar-refractivity contribution in [1.82, 2.24) is 0 Å². The number of allylic oxidation sites excluding steroid dienone is 1. The molecule has 1 N–H and O–H groups in total. The summed E-state index contributed by atoms with van der Waals surface area (Å²) in [5.74, 6) is 0. The number of hydrogen-bond acceptors (Lipinski definition) is 1. The van der Waals surface area contributed by atoms with Crippen LogP contribution in [0.2, 0.25) is 0 Å². The number of rotatable bonds is 1. The summed E-state index contributed by atoms with van der Waals surface area (Å²) in [5.41, 5.74) is 1.32. The predicted molar refractivity (Wildman–Crippen MR) is 71.1 cm³/mol. The van der Waals surface area contributed by atoms with Gasteiger partial charge >= 0.3 is 0 Å². The molecule has 0 bridgehead atoms. The Morgan fingerprint density at radius 1 is 1.13 bits per heavy atom. The number of halogens is 2. The third-order valence-corrected chi connectivity index (χ3v) is 1.69. The van der Waals surface area contributed by atoms with Crippen LogP contribution in [0.25, 0.3) is 0 Å². The van der Waals surface area contributed by atoms with E-state index in [9.17, 15) is 0 Å². The first-order chi connectivity index (χ1) is 7.04. The second-order valence-corrected chi connectivity index (χ2v) is 3.21. The van der Waals surface area contributed by atoms with Crippen LogP contribution >= 0.6 is 23.2 Å². The minimum atomic E-state index is -0.198. The maximum absolute atomic E-state index is 6.48. The maximum Gasteiger partial charge on any atom is 0.138 e. The monoisotopic (exact) mass is 245 g/mol. The lowest BCUT2D eigenvalue weighted by atomic mass is 10.2. The molecule has 1 rings (SSSR count). The Labute approximate surface area is 102 Å². The molecule has 0 amide bonds. The quantitative estimate of drug-likeness (QED) is 0.676. The van der Waals surface area contributed by atoms with Crippen LogP contribution in [0.5, 0.6) is 0 Å². The molecule has 0 saturated heterocycles. The third-order valence-electron chi connectivity index (χ3n) is 1.18. The van der Waals surface area contributed by atoms with Crippen molar-refractivity contribution in [1.29, 1.82) is 5.41 Å². The molecule has 0 aliphatic rings. The van der Waals surface area contributed by atoms with Crippen molar-refractivity contribution in [2.75, 3.05) is 0 Å². The zero-order chi connectivity index (χ0) is 12.3. The lowest BCUT2D eigenvalue weighted by Gasteiger charge is -1.82. The Balaban J connectivity index is 0. The van der Waals surface area contributed by atoms with Crippen LogP contribution in [0.3, 0.4) is 0 Å². The second kappa shape index (κ2) is 11.3. The van der Waals surface area contributed by atoms with Crippen LogP contribution in [0.4, 0.5) is 0 Å². The molecule has 0 spiro atoms. The molecular weight excluding hydrogens is 229 g/mol. The Kier molecular flexibility index (Phi) is 12.5. The summed E-state index contributed by atoms with van der Waals surface area (Å²) in [6.45, 7) is 9.25. The minimum absolute atomic E-state index is 0.0802.